The zero-order valence-electron chi connectivity index (χ0n) is 11.4. The van der Waals surface area contributed by atoms with Crippen LogP contribution in [0.2, 0.25) is 0 Å². The maximum absolute atomic E-state index is 11.6. The van der Waals surface area contributed by atoms with Crippen molar-refractivity contribution in [3.63, 3.8) is 0 Å². The second-order valence-electron chi connectivity index (χ2n) is 4.95. The van der Waals surface area contributed by atoms with E-state index in [0.717, 1.165) is 5.56 Å². The van der Waals surface area contributed by atoms with Crippen LogP contribution in [-0.2, 0) is 0 Å². The van der Waals surface area contributed by atoms with E-state index in [2.05, 4.69) is 4.98 Å². The molecule has 5 nitrogen and oxygen atoms in total. The summed E-state index contributed by atoms with van der Waals surface area (Å²) in [5.74, 6) is 0.134. The predicted molar refractivity (Wildman–Crippen MR) is 80.3 cm³/mol. The summed E-state index contributed by atoms with van der Waals surface area (Å²) in [5.41, 5.74) is 2.25. The van der Waals surface area contributed by atoms with E-state index in [0.29, 0.717) is 28.1 Å². The topological polar surface area (TPSA) is 68.7 Å². The molecule has 0 aliphatic carbocycles. The Morgan fingerprint density at radius 2 is 1.77 bits per heavy atom. The van der Waals surface area contributed by atoms with Gasteiger partial charge >= 0.3 is 5.97 Å². The molecule has 0 amide bonds. The first kappa shape index (κ1) is 12.6. The van der Waals surface area contributed by atoms with Gasteiger partial charge in [0.2, 0.25) is 6.79 Å². The molecule has 1 aromatic heterocycles. The average molecular weight is 293 g/mol. The number of carboxylic acids is 1. The highest BCUT2D eigenvalue weighted by Crippen LogP contribution is 2.37. The summed E-state index contributed by atoms with van der Waals surface area (Å²) in [7, 11) is 0. The van der Waals surface area contributed by atoms with E-state index >= 15 is 0 Å². The molecule has 0 bridgehead atoms. The molecule has 2 aromatic carbocycles. The fraction of sp³-hybridized carbons (Fsp3) is 0.0588. The summed E-state index contributed by atoms with van der Waals surface area (Å²) in [6, 6.07) is 14.4. The molecule has 0 unspecified atom stereocenters. The third-order valence-corrected chi connectivity index (χ3v) is 3.60. The highest BCUT2D eigenvalue weighted by Gasteiger charge is 2.19. The second-order valence-corrected chi connectivity index (χ2v) is 4.95. The van der Waals surface area contributed by atoms with Crippen molar-refractivity contribution in [1.82, 2.24) is 4.98 Å². The number of benzene rings is 2. The summed E-state index contributed by atoms with van der Waals surface area (Å²) in [6.07, 6.45) is 0. The van der Waals surface area contributed by atoms with Crippen LogP contribution in [0.5, 0.6) is 11.5 Å². The number of aromatic carboxylic acids is 1. The molecule has 5 heteroatoms. The Morgan fingerprint density at radius 1 is 1.05 bits per heavy atom. The van der Waals surface area contributed by atoms with Gasteiger partial charge in [0, 0.05) is 17.0 Å². The molecule has 3 aromatic rings. The van der Waals surface area contributed by atoms with Gasteiger partial charge in [0.05, 0.1) is 16.8 Å². The Morgan fingerprint density at radius 3 is 2.50 bits per heavy atom. The number of fused-ring (bicyclic) bond motifs is 2. The van der Waals surface area contributed by atoms with E-state index in [4.69, 9.17) is 9.47 Å². The Bertz CT molecular complexity index is 890. The molecular weight excluding hydrogens is 282 g/mol. The molecule has 0 spiro atoms. The van der Waals surface area contributed by atoms with E-state index in [-0.39, 0.29) is 12.4 Å². The van der Waals surface area contributed by atoms with E-state index in [1.165, 1.54) is 0 Å². The van der Waals surface area contributed by atoms with Crippen molar-refractivity contribution in [1.29, 1.82) is 0 Å². The highest BCUT2D eigenvalue weighted by molar-refractivity contribution is 6.04. The molecule has 0 radical (unpaired) electrons. The molecule has 1 aliphatic heterocycles. The SMILES string of the molecule is O=C(O)c1cc(-c2ccccc2)nc2cc3c(cc12)OCO3. The largest absolute Gasteiger partial charge is 0.478 e. The molecule has 1 aliphatic rings. The number of rotatable bonds is 2. The summed E-state index contributed by atoms with van der Waals surface area (Å²) >= 11 is 0. The van der Waals surface area contributed by atoms with Crippen molar-refractivity contribution in [3.8, 4) is 22.8 Å². The standard InChI is InChI=1S/C17H11NO4/c19-17(20)12-6-13(10-4-2-1-3-5-10)18-14-8-16-15(7-11(12)14)21-9-22-16/h1-8H,9H2,(H,19,20). The lowest BCUT2D eigenvalue weighted by Gasteiger charge is -2.08. The first-order chi connectivity index (χ1) is 10.7. The summed E-state index contributed by atoms with van der Waals surface area (Å²) in [4.78, 5) is 16.2. The number of hydrogen-bond donors (Lipinski definition) is 1. The van der Waals surface area contributed by atoms with Crippen LogP contribution in [0.3, 0.4) is 0 Å². The van der Waals surface area contributed by atoms with Crippen molar-refractivity contribution in [2.45, 2.75) is 0 Å². The van der Waals surface area contributed by atoms with Crippen LogP contribution < -0.4 is 9.47 Å². The van der Waals surface area contributed by atoms with Crippen LogP contribution in [0.25, 0.3) is 22.2 Å². The van der Waals surface area contributed by atoms with Gasteiger partial charge in [-0.3, -0.25) is 0 Å². The van der Waals surface area contributed by atoms with Gasteiger partial charge in [0.25, 0.3) is 0 Å². The van der Waals surface area contributed by atoms with E-state index in [1.807, 2.05) is 30.3 Å². The van der Waals surface area contributed by atoms with Crippen LogP contribution >= 0.6 is 0 Å². The fourth-order valence-electron chi connectivity index (χ4n) is 2.55. The monoisotopic (exact) mass is 293 g/mol. The molecule has 4 rings (SSSR count). The lowest BCUT2D eigenvalue weighted by molar-refractivity contribution is 0.0699. The molecule has 0 saturated heterocycles. The zero-order valence-corrected chi connectivity index (χ0v) is 11.4. The smallest absolute Gasteiger partial charge is 0.336 e. The molecule has 2 heterocycles. The number of pyridine rings is 1. The highest BCUT2D eigenvalue weighted by atomic mass is 16.7. The van der Waals surface area contributed by atoms with Gasteiger partial charge in [-0.25, -0.2) is 9.78 Å². The van der Waals surface area contributed by atoms with Gasteiger partial charge in [-0.15, -0.1) is 0 Å². The van der Waals surface area contributed by atoms with Crippen LogP contribution in [0.15, 0.2) is 48.5 Å². The minimum absolute atomic E-state index is 0.138. The van der Waals surface area contributed by atoms with Gasteiger partial charge in [0.1, 0.15) is 0 Å². The van der Waals surface area contributed by atoms with Gasteiger partial charge in [-0.2, -0.15) is 0 Å². The zero-order chi connectivity index (χ0) is 15.1. The number of aromatic nitrogens is 1. The number of ether oxygens (including phenoxy) is 2. The van der Waals surface area contributed by atoms with Gasteiger partial charge < -0.3 is 14.6 Å². The van der Waals surface area contributed by atoms with Crippen LogP contribution in [-0.4, -0.2) is 22.9 Å². The average Bonchev–Trinajstić information content (AvgIpc) is 2.99. The molecule has 0 saturated carbocycles. The van der Waals surface area contributed by atoms with E-state index in [1.54, 1.807) is 18.2 Å². The van der Waals surface area contributed by atoms with Gasteiger partial charge in [-0.1, -0.05) is 30.3 Å². The van der Waals surface area contributed by atoms with Crippen LogP contribution in [0.4, 0.5) is 0 Å². The van der Waals surface area contributed by atoms with Gasteiger partial charge in [-0.05, 0) is 12.1 Å². The lowest BCUT2D eigenvalue weighted by atomic mass is 10.0. The van der Waals surface area contributed by atoms with Crippen molar-refractivity contribution in [2.24, 2.45) is 0 Å². The second kappa shape index (κ2) is 4.73. The fourth-order valence-corrected chi connectivity index (χ4v) is 2.55. The Kier molecular flexibility index (Phi) is 2.72. The number of hydrogen-bond acceptors (Lipinski definition) is 4. The van der Waals surface area contributed by atoms with Gasteiger partial charge in [0.15, 0.2) is 11.5 Å². The Labute approximate surface area is 125 Å². The first-order valence-electron chi connectivity index (χ1n) is 6.75. The number of nitrogens with zero attached hydrogens (tertiary/aromatic N) is 1. The third kappa shape index (κ3) is 1.95. The van der Waals surface area contributed by atoms with Crippen molar-refractivity contribution in [3.05, 3.63) is 54.1 Å². The van der Waals surface area contributed by atoms with Crippen molar-refractivity contribution >= 4 is 16.9 Å². The normalized spacial score (nSPS) is 12.5. The maximum atomic E-state index is 11.6. The quantitative estimate of drug-likeness (QED) is 0.785. The molecule has 108 valence electrons. The summed E-state index contributed by atoms with van der Waals surface area (Å²) in [6.45, 7) is 0.138. The first-order valence-corrected chi connectivity index (χ1v) is 6.75. The molecule has 0 atom stereocenters. The molecule has 1 N–H and O–H groups in total. The molecule has 0 fully saturated rings. The van der Waals surface area contributed by atoms with E-state index < -0.39 is 5.97 Å². The van der Waals surface area contributed by atoms with Crippen LogP contribution in [0.1, 0.15) is 10.4 Å². The maximum Gasteiger partial charge on any atom is 0.336 e. The van der Waals surface area contributed by atoms with Crippen molar-refractivity contribution in [2.75, 3.05) is 6.79 Å². The van der Waals surface area contributed by atoms with Crippen molar-refractivity contribution < 1.29 is 19.4 Å². The lowest BCUT2D eigenvalue weighted by Crippen LogP contribution is -2.00. The van der Waals surface area contributed by atoms with E-state index in [9.17, 15) is 9.90 Å². The Balaban J connectivity index is 2.01. The summed E-state index contributed by atoms with van der Waals surface area (Å²) in [5, 5.41) is 10.0. The number of carbonyl (C=O) groups is 1. The molecule has 22 heavy (non-hydrogen) atoms. The summed E-state index contributed by atoms with van der Waals surface area (Å²) < 4.78 is 10.7. The predicted octanol–water partition coefficient (Wildman–Crippen LogP) is 3.33. The number of carboxylic acid groups (broad SMARTS) is 1. The van der Waals surface area contributed by atoms with Crippen LogP contribution in [0, 0.1) is 0 Å². The minimum Gasteiger partial charge on any atom is -0.478 e. The third-order valence-electron chi connectivity index (χ3n) is 3.60. The Hall–Kier alpha value is -3.08. The minimum atomic E-state index is -0.997. The molecular formula is C17H11NO4.